The van der Waals surface area contributed by atoms with E-state index in [1.165, 1.54) is 5.56 Å². The number of aromatic nitrogens is 3. The molecule has 0 saturated heterocycles. The van der Waals surface area contributed by atoms with Gasteiger partial charge in [-0.15, -0.1) is 0 Å². The number of hydrogen-bond acceptors (Lipinski definition) is 5. The van der Waals surface area contributed by atoms with Gasteiger partial charge in [-0.1, -0.05) is 62.2 Å². The number of nitrogen functional groups attached to an aromatic ring is 1. The molecule has 0 unspecified atom stereocenters. The standard InChI is InChI=1S/C24H26N4O2/c1-2-3-9-16-30-24(29)20-21-23(27-19-13-8-7-12-18(19)26-21)28(22(20)25)15-14-17-10-5-4-6-11-17/h4-8,10-13H,2-3,9,14-16,25H2,1H3. The predicted octanol–water partition coefficient (Wildman–Crippen LogP) is 4.76. The first-order valence-corrected chi connectivity index (χ1v) is 10.4. The summed E-state index contributed by atoms with van der Waals surface area (Å²) in [6.07, 6.45) is 3.69. The van der Waals surface area contributed by atoms with Crippen LogP contribution in [-0.2, 0) is 17.7 Å². The van der Waals surface area contributed by atoms with Crippen LogP contribution >= 0.6 is 0 Å². The first kappa shape index (κ1) is 19.9. The molecule has 0 aliphatic carbocycles. The third-order valence-corrected chi connectivity index (χ3v) is 5.24. The van der Waals surface area contributed by atoms with Crippen molar-refractivity contribution >= 4 is 34.0 Å². The van der Waals surface area contributed by atoms with E-state index in [1.54, 1.807) is 0 Å². The summed E-state index contributed by atoms with van der Waals surface area (Å²) in [6, 6.07) is 17.8. The van der Waals surface area contributed by atoms with E-state index in [2.05, 4.69) is 19.1 Å². The van der Waals surface area contributed by atoms with E-state index in [-0.39, 0.29) is 0 Å². The first-order chi connectivity index (χ1) is 14.7. The van der Waals surface area contributed by atoms with Crippen molar-refractivity contribution in [3.05, 3.63) is 65.7 Å². The van der Waals surface area contributed by atoms with Gasteiger partial charge in [-0.3, -0.25) is 0 Å². The highest BCUT2D eigenvalue weighted by Gasteiger charge is 2.25. The third kappa shape index (κ3) is 3.99. The zero-order chi connectivity index (χ0) is 20.9. The Morgan fingerprint density at radius 3 is 2.43 bits per heavy atom. The van der Waals surface area contributed by atoms with Gasteiger partial charge < -0.3 is 15.0 Å². The third-order valence-electron chi connectivity index (χ3n) is 5.24. The fourth-order valence-corrected chi connectivity index (χ4v) is 3.62. The number of fused-ring (bicyclic) bond motifs is 2. The number of carbonyl (C=O) groups excluding carboxylic acids is 1. The molecule has 0 saturated carbocycles. The lowest BCUT2D eigenvalue weighted by atomic mass is 10.1. The van der Waals surface area contributed by atoms with Gasteiger partial charge in [0.2, 0.25) is 0 Å². The van der Waals surface area contributed by atoms with Crippen molar-refractivity contribution in [1.29, 1.82) is 0 Å². The minimum Gasteiger partial charge on any atom is -0.462 e. The lowest BCUT2D eigenvalue weighted by Gasteiger charge is -2.08. The summed E-state index contributed by atoms with van der Waals surface area (Å²) in [6.45, 7) is 3.09. The summed E-state index contributed by atoms with van der Waals surface area (Å²) in [5.74, 6) is -0.0756. The lowest BCUT2D eigenvalue weighted by Crippen LogP contribution is -2.11. The van der Waals surface area contributed by atoms with E-state index >= 15 is 0 Å². The monoisotopic (exact) mass is 402 g/mol. The largest absolute Gasteiger partial charge is 0.462 e. The van der Waals surface area contributed by atoms with Gasteiger partial charge in [-0.2, -0.15) is 0 Å². The maximum atomic E-state index is 12.9. The minimum absolute atomic E-state index is 0.313. The number of hydrogen-bond donors (Lipinski definition) is 1. The lowest BCUT2D eigenvalue weighted by molar-refractivity contribution is 0.0501. The topological polar surface area (TPSA) is 83.0 Å². The molecule has 0 bridgehead atoms. The quantitative estimate of drug-likeness (QED) is 0.339. The molecule has 0 spiro atoms. The fourth-order valence-electron chi connectivity index (χ4n) is 3.62. The van der Waals surface area contributed by atoms with Gasteiger partial charge in [0.25, 0.3) is 0 Å². The second-order valence-electron chi connectivity index (χ2n) is 7.38. The molecule has 0 atom stereocenters. The zero-order valence-corrected chi connectivity index (χ0v) is 17.2. The van der Waals surface area contributed by atoms with Crippen LogP contribution in [-0.4, -0.2) is 27.1 Å². The Balaban J connectivity index is 1.74. The number of ether oxygens (including phenoxy) is 1. The highest BCUT2D eigenvalue weighted by atomic mass is 16.5. The summed E-state index contributed by atoms with van der Waals surface area (Å²) < 4.78 is 7.39. The van der Waals surface area contributed by atoms with Crippen molar-refractivity contribution in [3.63, 3.8) is 0 Å². The van der Waals surface area contributed by atoms with Crippen LogP contribution in [0.2, 0.25) is 0 Å². The molecule has 6 nitrogen and oxygen atoms in total. The van der Waals surface area contributed by atoms with Crippen LogP contribution in [0.4, 0.5) is 5.82 Å². The molecule has 30 heavy (non-hydrogen) atoms. The van der Waals surface area contributed by atoms with Crippen molar-refractivity contribution in [2.45, 2.75) is 39.2 Å². The van der Waals surface area contributed by atoms with Crippen LogP contribution in [0.15, 0.2) is 54.6 Å². The van der Waals surface area contributed by atoms with E-state index in [4.69, 9.17) is 20.4 Å². The summed E-state index contributed by atoms with van der Waals surface area (Å²) in [7, 11) is 0. The number of benzene rings is 2. The number of nitrogens with two attached hydrogens (primary N) is 1. The van der Waals surface area contributed by atoms with Crippen molar-refractivity contribution in [1.82, 2.24) is 14.5 Å². The molecule has 0 aliphatic rings. The number of nitrogens with zero attached hydrogens (tertiary/aromatic N) is 3. The molecule has 6 heteroatoms. The maximum Gasteiger partial charge on any atom is 0.344 e. The van der Waals surface area contributed by atoms with Crippen molar-refractivity contribution in [2.75, 3.05) is 12.3 Å². The summed E-state index contributed by atoms with van der Waals surface area (Å²) in [5, 5.41) is 0. The van der Waals surface area contributed by atoms with Crippen LogP contribution in [0.3, 0.4) is 0 Å². The van der Waals surface area contributed by atoms with E-state index in [0.717, 1.165) is 36.7 Å². The second kappa shape index (κ2) is 8.95. The molecule has 154 valence electrons. The molecule has 0 amide bonds. The smallest absolute Gasteiger partial charge is 0.344 e. The average molecular weight is 402 g/mol. The van der Waals surface area contributed by atoms with Crippen LogP contribution in [0.5, 0.6) is 0 Å². The normalized spacial score (nSPS) is 11.2. The molecule has 0 fully saturated rings. The minimum atomic E-state index is -0.434. The number of esters is 1. The molecule has 2 heterocycles. The van der Waals surface area contributed by atoms with Gasteiger partial charge in [0.15, 0.2) is 5.65 Å². The summed E-state index contributed by atoms with van der Waals surface area (Å²) >= 11 is 0. The van der Waals surface area contributed by atoms with Crippen LogP contribution < -0.4 is 5.73 Å². The summed E-state index contributed by atoms with van der Waals surface area (Å²) in [5.41, 5.74) is 10.6. The Morgan fingerprint density at radius 2 is 1.70 bits per heavy atom. The Bertz CT molecular complexity index is 1170. The van der Waals surface area contributed by atoms with Crippen LogP contribution in [0, 0.1) is 0 Å². The van der Waals surface area contributed by atoms with Crippen molar-refractivity contribution < 1.29 is 9.53 Å². The molecule has 2 N–H and O–H groups in total. The van der Waals surface area contributed by atoms with Gasteiger partial charge in [0.05, 0.1) is 17.6 Å². The van der Waals surface area contributed by atoms with E-state index in [1.807, 2.05) is 47.0 Å². The van der Waals surface area contributed by atoms with Gasteiger partial charge in [0.1, 0.15) is 16.9 Å². The maximum absolute atomic E-state index is 12.9. The Hall–Kier alpha value is -3.41. The number of aryl methyl sites for hydroxylation is 2. The molecule has 4 rings (SSSR count). The number of para-hydroxylation sites is 2. The van der Waals surface area contributed by atoms with Gasteiger partial charge in [0, 0.05) is 6.54 Å². The Labute approximate surface area is 175 Å². The molecule has 0 aliphatic heterocycles. The van der Waals surface area contributed by atoms with Crippen molar-refractivity contribution in [3.8, 4) is 0 Å². The van der Waals surface area contributed by atoms with E-state index in [0.29, 0.717) is 35.7 Å². The molecular formula is C24H26N4O2. The Kier molecular flexibility index (Phi) is 5.93. The SMILES string of the molecule is CCCCCOC(=O)c1c(N)n(CCc2ccccc2)c2nc3ccccc3nc12. The number of carbonyl (C=O) groups is 1. The van der Waals surface area contributed by atoms with E-state index < -0.39 is 5.97 Å². The Morgan fingerprint density at radius 1 is 1.00 bits per heavy atom. The van der Waals surface area contributed by atoms with Crippen LogP contribution in [0.25, 0.3) is 22.2 Å². The molecular weight excluding hydrogens is 376 g/mol. The van der Waals surface area contributed by atoms with Gasteiger partial charge in [-0.05, 0) is 30.5 Å². The van der Waals surface area contributed by atoms with Crippen LogP contribution in [0.1, 0.15) is 42.1 Å². The van der Waals surface area contributed by atoms with Gasteiger partial charge >= 0.3 is 5.97 Å². The number of rotatable bonds is 8. The zero-order valence-electron chi connectivity index (χ0n) is 17.2. The average Bonchev–Trinajstić information content (AvgIpc) is 3.04. The predicted molar refractivity (Wildman–Crippen MR) is 119 cm³/mol. The van der Waals surface area contributed by atoms with Gasteiger partial charge in [-0.25, -0.2) is 14.8 Å². The molecule has 2 aromatic carbocycles. The first-order valence-electron chi connectivity index (χ1n) is 10.4. The second-order valence-corrected chi connectivity index (χ2v) is 7.38. The fraction of sp³-hybridized carbons (Fsp3) is 0.292. The highest BCUT2D eigenvalue weighted by Crippen LogP contribution is 2.29. The highest BCUT2D eigenvalue weighted by molar-refractivity contribution is 6.08. The molecule has 2 aromatic heterocycles. The number of unbranched alkanes of at least 4 members (excludes halogenated alkanes) is 2. The van der Waals surface area contributed by atoms with Crippen molar-refractivity contribution in [2.24, 2.45) is 0 Å². The summed E-state index contributed by atoms with van der Waals surface area (Å²) in [4.78, 5) is 22.4. The van der Waals surface area contributed by atoms with E-state index in [9.17, 15) is 4.79 Å². The molecule has 0 radical (unpaired) electrons. The molecule has 4 aromatic rings. The number of anilines is 1.